The number of nitrogens with one attached hydrogen (secondary N) is 2. The number of nitrogens with zero attached hydrogens (tertiary/aromatic N) is 4. The number of carbonyl (C=O) groups excluding carboxylic acids is 1. The van der Waals surface area contributed by atoms with E-state index >= 15 is 0 Å². The fourth-order valence-electron chi connectivity index (χ4n) is 2.33. The van der Waals surface area contributed by atoms with Crippen LogP contribution in [0.25, 0.3) is 5.82 Å². The van der Waals surface area contributed by atoms with Gasteiger partial charge in [0.2, 0.25) is 5.91 Å². The van der Waals surface area contributed by atoms with Crippen LogP contribution < -0.4 is 10.6 Å². The number of hydrogen-bond acceptors (Lipinski definition) is 5. The predicted octanol–water partition coefficient (Wildman–Crippen LogP) is 0.599. The fourth-order valence-corrected chi connectivity index (χ4v) is 2.33. The van der Waals surface area contributed by atoms with Crippen molar-refractivity contribution in [1.82, 2.24) is 25.1 Å². The van der Waals surface area contributed by atoms with Crippen LogP contribution in [0.2, 0.25) is 0 Å². The summed E-state index contributed by atoms with van der Waals surface area (Å²) >= 11 is 0. The molecule has 2 aromatic rings. The van der Waals surface area contributed by atoms with Crippen molar-refractivity contribution in [2.75, 3.05) is 11.9 Å². The molecule has 7 heteroatoms. The highest BCUT2D eigenvalue weighted by atomic mass is 16.2. The molecular weight excluding hydrogens is 256 g/mol. The molecule has 2 aromatic heterocycles. The van der Waals surface area contributed by atoms with Gasteiger partial charge in [-0.15, -0.1) is 0 Å². The zero-order valence-electron chi connectivity index (χ0n) is 11.2. The van der Waals surface area contributed by atoms with Gasteiger partial charge >= 0.3 is 0 Å². The molecule has 1 saturated heterocycles. The molecule has 3 rings (SSSR count). The summed E-state index contributed by atoms with van der Waals surface area (Å²) in [7, 11) is 0. The molecule has 2 atom stereocenters. The lowest BCUT2D eigenvalue weighted by molar-refractivity contribution is -0.118. The van der Waals surface area contributed by atoms with E-state index in [1.165, 1.54) is 6.33 Å². The summed E-state index contributed by atoms with van der Waals surface area (Å²) in [6.07, 6.45) is 5.67. The molecule has 0 radical (unpaired) electrons. The minimum Gasteiger partial charge on any atom is -0.323 e. The third-order valence-electron chi connectivity index (χ3n) is 3.48. The van der Waals surface area contributed by atoms with Gasteiger partial charge in [-0.1, -0.05) is 6.92 Å². The molecule has 0 aliphatic carbocycles. The third kappa shape index (κ3) is 2.53. The van der Waals surface area contributed by atoms with E-state index in [-0.39, 0.29) is 11.9 Å². The maximum Gasteiger partial charge on any atom is 0.241 e. The fraction of sp³-hybridized carbons (Fsp3) is 0.385. The summed E-state index contributed by atoms with van der Waals surface area (Å²) in [5.74, 6) is 1.01. The van der Waals surface area contributed by atoms with Gasteiger partial charge in [0.05, 0.1) is 17.9 Å². The Balaban J connectivity index is 1.68. The van der Waals surface area contributed by atoms with Crippen molar-refractivity contribution >= 4 is 11.6 Å². The Hall–Kier alpha value is -2.28. The van der Waals surface area contributed by atoms with Crippen molar-refractivity contribution in [1.29, 1.82) is 0 Å². The molecule has 3 heterocycles. The quantitative estimate of drug-likeness (QED) is 0.854. The van der Waals surface area contributed by atoms with Gasteiger partial charge in [-0.2, -0.15) is 5.10 Å². The summed E-state index contributed by atoms with van der Waals surface area (Å²) in [5, 5.41) is 10.1. The third-order valence-corrected chi connectivity index (χ3v) is 3.48. The first-order valence-electron chi connectivity index (χ1n) is 6.59. The van der Waals surface area contributed by atoms with Gasteiger partial charge in [0.25, 0.3) is 0 Å². The zero-order valence-corrected chi connectivity index (χ0v) is 11.2. The summed E-state index contributed by atoms with van der Waals surface area (Å²) in [4.78, 5) is 20.2. The van der Waals surface area contributed by atoms with Crippen LogP contribution in [0.4, 0.5) is 5.69 Å². The molecule has 104 valence electrons. The van der Waals surface area contributed by atoms with Crippen molar-refractivity contribution in [2.24, 2.45) is 5.92 Å². The van der Waals surface area contributed by atoms with Crippen molar-refractivity contribution in [2.45, 2.75) is 19.4 Å². The van der Waals surface area contributed by atoms with E-state index < -0.39 is 0 Å². The maximum absolute atomic E-state index is 12.1. The molecule has 1 aliphatic heterocycles. The van der Waals surface area contributed by atoms with Crippen LogP contribution >= 0.6 is 0 Å². The zero-order chi connectivity index (χ0) is 13.9. The van der Waals surface area contributed by atoms with Gasteiger partial charge in [0.1, 0.15) is 12.7 Å². The minimum atomic E-state index is -0.120. The number of pyridine rings is 1. The second-order valence-electron chi connectivity index (χ2n) is 4.93. The van der Waals surface area contributed by atoms with Crippen LogP contribution in [0.5, 0.6) is 0 Å². The number of amides is 1. The summed E-state index contributed by atoms with van der Waals surface area (Å²) in [6, 6.07) is 3.47. The molecule has 2 unspecified atom stereocenters. The molecule has 7 nitrogen and oxygen atoms in total. The molecule has 0 aromatic carbocycles. The molecule has 20 heavy (non-hydrogen) atoms. The van der Waals surface area contributed by atoms with E-state index in [1.807, 2.05) is 6.07 Å². The molecule has 2 N–H and O–H groups in total. The Bertz CT molecular complexity index is 579. The predicted molar refractivity (Wildman–Crippen MR) is 73.4 cm³/mol. The lowest BCUT2D eigenvalue weighted by Gasteiger charge is -2.15. The molecule has 1 fully saturated rings. The van der Waals surface area contributed by atoms with Crippen molar-refractivity contribution < 1.29 is 4.79 Å². The summed E-state index contributed by atoms with van der Waals surface area (Å²) in [5.41, 5.74) is 0.680. The summed E-state index contributed by atoms with van der Waals surface area (Å²) < 4.78 is 1.56. The van der Waals surface area contributed by atoms with Gasteiger partial charge in [0.15, 0.2) is 5.82 Å². The molecule has 0 saturated carbocycles. The van der Waals surface area contributed by atoms with Gasteiger partial charge in [-0.25, -0.2) is 14.6 Å². The average molecular weight is 272 g/mol. The normalized spacial score (nSPS) is 21.9. The first kappa shape index (κ1) is 12.7. The molecule has 1 aliphatic rings. The monoisotopic (exact) mass is 272 g/mol. The standard InChI is InChI=1S/C13H16N6O/c1-9-4-5-15-12(9)13(20)18-10-2-3-11(16-6-10)19-8-14-7-17-19/h2-3,6-9,12,15H,4-5H2,1H3,(H,18,20). The SMILES string of the molecule is CC1CCNC1C(=O)Nc1ccc(-n2cncn2)nc1. The second-order valence-corrected chi connectivity index (χ2v) is 4.93. The van der Waals surface area contributed by atoms with Crippen molar-refractivity contribution in [3.8, 4) is 5.82 Å². The van der Waals surface area contributed by atoms with Crippen LogP contribution in [0.1, 0.15) is 13.3 Å². The number of rotatable bonds is 3. The van der Waals surface area contributed by atoms with Gasteiger partial charge in [-0.05, 0) is 31.0 Å². The highest BCUT2D eigenvalue weighted by molar-refractivity contribution is 5.95. The Labute approximate surface area is 116 Å². The second kappa shape index (κ2) is 5.38. The maximum atomic E-state index is 12.1. The van der Waals surface area contributed by atoms with Crippen LogP contribution in [0.15, 0.2) is 31.0 Å². The highest BCUT2D eigenvalue weighted by Gasteiger charge is 2.29. The Morgan fingerprint density at radius 1 is 1.50 bits per heavy atom. The highest BCUT2D eigenvalue weighted by Crippen LogP contribution is 2.16. The topological polar surface area (TPSA) is 84.7 Å². The van der Waals surface area contributed by atoms with Crippen LogP contribution in [-0.2, 0) is 4.79 Å². The van der Waals surface area contributed by atoms with Gasteiger partial charge in [0, 0.05) is 0 Å². The molecule has 0 bridgehead atoms. The first-order chi connectivity index (χ1) is 9.74. The lowest BCUT2D eigenvalue weighted by Crippen LogP contribution is -2.39. The molecular formula is C13H16N6O. The van der Waals surface area contributed by atoms with E-state index in [2.05, 4.69) is 32.6 Å². The smallest absolute Gasteiger partial charge is 0.241 e. The largest absolute Gasteiger partial charge is 0.323 e. The summed E-state index contributed by atoms with van der Waals surface area (Å²) in [6.45, 7) is 2.97. The Morgan fingerprint density at radius 3 is 3.00 bits per heavy atom. The van der Waals surface area contributed by atoms with Gasteiger partial charge < -0.3 is 10.6 Å². The van der Waals surface area contributed by atoms with Crippen LogP contribution in [-0.4, -0.2) is 38.2 Å². The minimum absolute atomic E-state index is 0.00898. The van der Waals surface area contributed by atoms with Crippen molar-refractivity contribution in [3.05, 3.63) is 31.0 Å². The first-order valence-corrected chi connectivity index (χ1v) is 6.59. The average Bonchev–Trinajstić information content (AvgIpc) is 3.10. The molecule has 0 spiro atoms. The van der Waals surface area contributed by atoms with E-state index in [0.29, 0.717) is 17.4 Å². The number of anilines is 1. The van der Waals surface area contributed by atoms with E-state index in [0.717, 1.165) is 13.0 Å². The van der Waals surface area contributed by atoms with E-state index in [4.69, 9.17) is 0 Å². The van der Waals surface area contributed by atoms with Crippen LogP contribution in [0.3, 0.4) is 0 Å². The van der Waals surface area contributed by atoms with E-state index in [1.54, 1.807) is 23.3 Å². The van der Waals surface area contributed by atoms with Gasteiger partial charge in [-0.3, -0.25) is 4.79 Å². The van der Waals surface area contributed by atoms with Crippen LogP contribution in [0, 0.1) is 5.92 Å². The Morgan fingerprint density at radius 2 is 2.40 bits per heavy atom. The lowest BCUT2D eigenvalue weighted by atomic mass is 10.0. The Kier molecular flexibility index (Phi) is 3.42. The van der Waals surface area contributed by atoms with E-state index in [9.17, 15) is 4.79 Å². The van der Waals surface area contributed by atoms with Crippen molar-refractivity contribution in [3.63, 3.8) is 0 Å². The number of aromatic nitrogens is 4. The number of hydrogen-bond donors (Lipinski definition) is 2. The molecule has 1 amide bonds. The number of carbonyl (C=O) groups is 1.